The van der Waals surface area contributed by atoms with Crippen LogP contribution in [0.2, 0.25) is 0 Å². The van der Waals surface area contributed by atoms with Crippen LogP contribution in [0.15, 0.2) is 22.7 Å². The molecule has 0 heterocycles. The Morgan fingerprint density at radius 3 is 2.75 bits per heavy atom. The molecule has 1 aromatic carbocycles. The molecule has 1 saturated carbocycles. The highest BCUT2D eigenvalue weighted by Crippen LogP contribution is 2.44. The van der Waals surface area contributed by atoms with Crippen molar-refractivity contribution in [3.8, 4) is 5.75 Å². The van der Waals surface area contributed by atoms with Crippen LogP contribution in [0.4, 0.5) is 0 Å². The number of methoxy groups -OCH3 is 1. The van der Waals surface area contributed by atoms with E-state index in [1.54, 1.807) is 7.11 Å². The summed E-state index contributed by atoms with van der Waals surface area (Å²) in [7, 11) is 1.71. The van der Waals surface area contributed by atoms with Gasteiger partial charge in [0.25, 0.3) is 0 Å². The van der Waals surface area contributed by atoms with Gasteiger partial charge in [-0.1, -0.05) is 15.9 Å². The van der Waals surface area contributed by atoms with Crippen LogP contribution in [0.25, 0.3) is 0 Å². The van der Waals surface area contributed by atoms with Crippen molar-refractivity contribution in [3.63, 3.8) is 0 Å². The second-order valence-corrected chi connectivity index (χ2v) is 4.02. The molecule has 0 saturated heterocycles. The van der Waals surface area contributed by atoms with Crippen LogP contribution >= 0.6 is 15.9 Å². The summed E-state index contributed by atoms with van der Waals surface area (Å²) in [5.41, 5.74) is 1.40. The molecule has 2 heteroatoms. The van der Waals surface area contributed by atoms with Gasteiger partial charge in [-0.05, 0) is 42.5 Å². The smallest absolute Gasteiger partial charge is 0.119 e. The lowest BCUT2D eigenvalue weighted by Gasteiger charge is -2.05. The van der Waals surface area contributed by atoms with Gasteiger partial charge in [0.05, 0.1) is 7.11 Å². The fourth-order valence-electron chi connectivity index (χ4n) is 1.36. The average Bonchev–Trinajstić information content (AvgIpc) is 2.88. The van der Waals surface area contributed by atoms with E-state index < -0.39 is 0 Å². The Hall–Kier alpha value is -0.500. The third-order valence-corrected chi connectivity index (χ3v) is 2.94. The number of ether oxygens (including phenoxy) is 1. The summed E-state index contributed by atoms with van der Waals surface area (Å²) in [5.74, 6) is 1.73. The van der Waals surface area contributed by atoms with Crippen molar-refractivity contribution in [2.24, 2.45) is 0 Å². The fraction of sp³-hybridized carbons (Fsp3) is 0.400. The van der Waals surface area contributed by atoms with Crippen molar-refractivity contribution in [1.29, 1.82) is 0 Å². The normalized spacial score (nSPS) is 16.2. The first kappa shape index (κ1) is 8.11. The molecule has 1 aliphatic rings. The molecule has 2 rings (SSSR count). The molecule has 0 N–H and O–H groups in total. The van der Waals surface area contributed by atoms with Crippen LogP contribution in [0.5, 0.6) is 5.75 Å². The largest absolute Gasteiger partial charge is 0.497 e. The Morgan fingerprint density at radius 1 is 1.42 bits per heavy atom. The van der Waals surface area contributed by atoms with Gasteiger partial charge in [0.1, 0.15) is 5.75 Å². The maximum absolute atomic E-state index is 5.17. The van der Waals surface area contributed by atoms with E-state index in [1.165, 1.54) is 22.9 Å². The molecule has 1 aromatic rings. The first-order valence-corrected chi connectivity index (χ1v) is 4.94. The highest BCUT2D eigenvalue weighted by atomic mass is 79.9. The van der Waals surface area contributed by atoms with Crippen molar-refractivity contribution >= 4 is 15.9 Å². The van der Waals surface area contributed by atoms with E-state index in [1.807, 2.05) is 6.07 Å². The Bertz CT molecular complexity index is 292. The summed E-state index contributed by atoms with van der Waals surface area (Å²) >= 11 is 3.54. The van der Waals surface area contributed by atoms with Gasteiger partial charge in [0.2, 0.25) is 0 Å². The van der Waals surface area contributed by atoms with Gasteiger partial charge in [0, 0.05) is 4.47 Å². The molecule has 12 heavy (non-hydrogen) atoms. The van der Waals surface area contributed by atoms with Crippen molar-refractivity contribution in [1.82, 2.24) is 0 Å². The third-order valence-electron chi connectivity index (χ3n) is 2.22. The minimum absolute atomic E-state index is 0.773. The molecule has 0 unspecified atom stereocenters. The number of hydrogen-bond acceptors (Lipinski definition) is 1. The quantitative estimate of drug-likeness (QED) is 0.752. The van der Waals surface area contributed by atoms with Crippen LogP contribution in [-0.4, -0.2) is 7.11 Å². The summed E-state index contributed by atoms with van der Waals surface area (Å²) in [6, 6.07) is 6.17. The second kappa shape index (κ2) is 3.09. The highest BCUT2D eigenvalue weighted by molar-refractivity contribution is 9.10. The predicted molar refractivity (Wildman–Crippen MR) is 52.7 cm³/mol. The van der Waals surface area contributed by atoms with E-state index in [2.05, 4.69) is 28.1 Å². The first-order chi connectivity index (χ1) is 5.81. The maximum Gasteiger partial charge on any atom is 0.119 e. The molecule has 0 aliphatic heterocycles. The monoisotopic (exact) mass is 226 g/mol. The van der Waals surface area contributed by atoms with Gasteiger partial charge >= 0.3 is 0 Å². The van der Waals surface area contributed by atoms with Gasteiger partial charge < -0.3 is 4.74 Å². The Kier molecular flexibility index (Phi) is 2.09. The first-order valence-electron chi connectivity index (χ1n) is 4.14. The molecule has 0 spiro atoms. The molecule has 1 fully saturated rings. The maximum atomic E-state index is 5.17. The van der Waals surface area contributed by atoms with Crippen molar-refractivity contribution in [2.75, 3.05) is 7.11 Å². The SMILES string of the molecule is COc1ccc(Br)c(C2CC2)c1. The zero-order chi connectivity index (χ0) is 8.55. The minimum atomic E-state index is 0.773. The third kappa shape index (κ3) is 1.48. The zero-order valence-corrected chi connectivity index (χ0v) is 8.60. The zero-order valence-electron chi connectivity index (χ0n) is 7.01. The van der Waals surface area contributed by atoms with Gasteiger partial charge in [-0.15, -0.1) is 0 Å². The molecule has 1 nitrogen and oxygen atoms in total. The minimum Gasteiger partial charge on any atom is -0.497 e. The van der Waals surface area contributed by atoms with Gasteiger partial charge in [-0.2, -0.15) is 0 Å². The predicted octanol–water partition coefficient (Wildman–Crippen LogP) is 3.34. The van der Waals surface area contributed by atoms with Crippen LogP contribution < -0.4 is 4.74 Å². The van der Waals surface area contributed by atoms with E-state index in [4.69, 9.17) is 4.74 Å². The molecule has 0 bridgehead atoms. The van der Waals surface area contributed by atoms with E-state index in [9.17, 15) is 0 Å². The lowest BCUT2D eigenvalue weighted by molar-refractivity contribution is 0.414. The molecule has 1 aliphatic carbocycles. The van der Waals surface area contributed by atoms with Gasteiger partial charge in [-0.25, -0.2) is 0 Å². The summed E-state index contributed by atoms with van der Waals surface area (Å²) in [6.45, 7) is 0. The Morgan fingerprint density at radius 2 is 2.17 bits per heavy atom. The van der Waals surface area contributed by atoms with E-state index in [0.717, 1.165) is 11.7 Å². The molecule has 0 radical (unpaired) electrons. The van der Waals surface area contributed by atoms with Crippen molar-refractivity contribution in [3.05, 3.63) is 28.2 Å². The summed E-state index contributed by atoms with van der Waals surface area (Å²) < 4.78 is 6.38. The summed E-state index contributed by atoms with van der Waals surface area (Å²) in [5, 5.41) is 0. The van der Waals surface area contributed by atoms with Gasteiger partial charge in [0.15, 0.2) is 0 Å². The fourth-order valence-corrected chi connectivity index (χ4v) is 1.93. The molecule has 64 valence electrons. The number of benzene rings is 1. The summed E-state index contributed by atoms with van der Waals surface area (Å²) in [6.07, 6.45) is 2.65. The lowest BCUT2D eigenvalue weighted by Crippen LogP contribution is -1.86. The van der Waals surface area contributed by atoms with Crippen LogP contribution in [0.3, 0.4) is 0 Å². The van der Waals surface area contributed by atoms with Crippen LogP contribution in [0.1, 0.15) is 24.3 Å². The number of rotatable bonds is 2. The highest BCUT2D eigenvalue weighted by Gasteiger charge is 2.25. The molecule has 0 atom stereocenters. The van der Waals surface area contributed by atoms with E-state index in [-0.39, 0.29) is 0 Å². The molecular weight excluding hydrogens is 216 g/mol. The van der Waals surface area contributed by atoms with Crippen molar-refractivity contribution in [2.45, 2.75) is 18.8 Å². The topological polar surface area (TPSA) is 9.23 Å². The second-order valence-electron chi connectivity index (χ2n) is 3.16. The van der Waals surface area contributed by atoms with Crippen LogP contribution in [-0.2, 0) is 0 Å². The van der Waals surface area contributed by atoms with Gasteiger partial charge in [-0.3, -0.25) is 0 Å². The Balaban J connectivity index is 2.36. The standard InChI is InChI=1S/C10H11BrO/c1-12-8-4-5-10(11)9(6-8)7-2-3-7/h4-7H,2-3H2,1H3. The van der Waals surface area contributed by atoms with Crippen LogP contribution in [0, 0.1) is 0 Å². The summed E-state index contributed by atoms with van der Waals surface area (Å²) in [4.78, 5) is 0. The van der Waals surface area contributed by atoms with Crippen molar-refractivity contribution < 1.29 is 4.74 Å². The molecule has 0 amide bonds. The molecule has 0 aromatic heterocycles. The average molecular weight is 227 g/mol. The van der Waals surface area contributed by atoms with E-state index in [0.29, 0.717) is 0 Å². The number of hydrogen-bond donors (Lipinski definition) is 0. The Labute approximate surface area is 80.9 Å². The number of halogens is 1. The molecular formula is C10H11BrO. The lowest BCUT2D eigenvalue weighted by atomic mass is 10.1. The van der Waals surface area contributed by atoms with E-state index >= 15 is 0 Å².